The fourth-order valence-electron chi connectivity index (χ4n) is 3.50. The van der Waals surface area contributed by atoms with Crippen LogP contribution in [0.25, 0.3) is 11.0 Å². The molecule has 1 atom stereocenters. The number of piperidine rings is 1. The monoisotopic (exact) mass is 309 g/mol. The molecule has 3 nitrogen and oxygen atoms in total. The van der Waals surface area contributed by atoms with Crippen LogP contribution in [0.15, 0.2) is 48.7 Å². The van der Waals surface area contributed by atoms with Crippen LogP contribution >= 0.6 is 0 Å². The van der Waals surface area contributed by atoms with Gasteiger partial charge in [-0.25, -0.2) is 9.37 Å². The highest BCUT2D eigenvalue weighted by Gasteiger charge is 2.22. The smallest absolute Gasteiger partial charge is 0.137 e. The summed E-state index contributed by atoms with van der Waals surface area (Å²) in [6, 6.07) is 13.1. The van der Waals surface area contributed by atoms with E-state index in [4.69, 9.17) is 0 Å². The number of aromatic amines is 1. The van der Waals surface area contributed by atoms with E-state index in [9.17, 15) is 4.39 Å². The van der Waals surface area contributed by atoms with Crippen molar-refractivity contribution in [2.45, 2.75) is 25.3 Å². The highest BCUT2D eigenvalue weighted by Crippen LogP contribution is 2.29. The summed E-state index contributed by atoms with van der Waals surface area (Å²) in [4.78, 5) is 10.3. The van der Waals surface area contributed by atoms with E-state index in [0.717, 1.165) is 25.3 Å². The second kappa shape index (κ2) is 6.13. The zero-order valence-corrected chi connectivity index (χ0v) is 13.0. The molecule has 0 bridgehead atoms. The molecule has 1 N–H and O–H groups in total. The van der Waals surface area contributed by atoms with Gasteiger partial charge in [0.05, 0.1) is 0 Å². The summed E-state index contributed by atoms with van der Waals surface area (Å²) in [5, 5.41) is 1.18. The molecular formula is C19H20FN3. The molecule has 0 unspecified atom stereocenters. The molecule has 118 valence electrons. The van der Waals surface area contributed by atoms with E-state index in [1.807, 2.05) is 24.4 Å². The zero-order valence-electron chi connectivity index (χ0n) is 13.0. The standard InChI is InChI=1S/C19H20FN3/c20-17-7-5-14(6-8-17)12-23-10-2-4-16(13-23)18-11-15-3-1-9-21-19(15)22-18/h1,3,5-9,11,16H,2,4,10,12-13H2,(H,21,22)/t16-/m1/s1. The highest BCUT2D eigenvalue weighted by molar-refractivity contribution is 5.76. The molecule has 0 amide bonds. The minimum atomic E-state index is -0.171. The molecule has 0 spiro atoms. The first kappa shape index (κ1) is 14.4. The van der Waals surface area contributed by atoms with Gasteiger partial charge in [0.2, 0.25) is 0 Å². The van der Waals surface area contributed by atoms with E-state index in [1.165, 1.54) is 29.5 Å². The number of likely N-dealkylation sites (tertiary alicyclic amines) is 1. The van der Waals surface area contributed by atoms with Crippen LogP contribution in [0.3, 0.4) is 0 Å². The lowest BCUT2D eigenvalue weighted by molar-refractivity contribution is 0.199. The third kappa shape index (κ3) is 3.13. The first-order valence-corrected chi connectivity index (χ1v) is 8.18. The van der Waals surface area contributed by atoms with Gasteiger partial charge in [-0.15, -0.1) is 0 Å². The quantitative estimate of drug-likeness (QED) is 0.790. The number of H-pyrrole nitrogens is 1. The second-order valence-electron chi connectivity index (χ2n) is 6.37. The molecule has 3 heterocycles. The number of benzene rings is 1. The third-order valence-corrected chi connectivity index (χ3v) is 4.68. The number of nitrogens with one attached hydrogen (secondary N) is 1. The minimum Gasteiger partial charge on any atom is -0.343 e. The summed E-state index contributed by atoms with van der Waals surface area (Å²) >= 11 is 0. The molecule has 0 saturated carbocycles. The topological polar surface area (TPSA) is 31.9 Å². The first-order chi connectivity index (χ1) is 11.3. The first-order valence-electron chi connectivity index (χ1n) is 8.18. The van der Waals surface area contributed by atoms with Crippen molar-refractivity contribution >= 4 is 11.0 Å². The van der Waals surface area contributed by atoms with E-state index in [0.29, 0.717) is 5.92 Å². The average Bonchev–Trinajstić information content (AvgIpc) is 3.01. The molecule has 1 saturated heterocycles. The molecule has 2 aromatic heterocycles. The van der Waals surface area contributed by atoms with Gasteiger partial charge in [0, 0.05) is 36.3 Å². The van der Waals surface area contributed by atoms with Gasteiger partial charge in [-0.3, -0.25) is 4.90 Å². The van der Waals surface area contributed by atoms with Gasteiger partial charge in [0.1, 0.15) is 11.5 Å². The molecule has 3 aromatic rings. The summed E-state index contributed by atoms with van der Waals surface area (Å²) in [6.45, 7) is 3.02. The van der Waals surface area contributed by atoms with Crippen LogP contribution in [0, 0.1) is 5.82 Å². The van der Waals surface area contributed by atoms with E-state index in [1.54, 1.807) is 12.1 Å². The van der Waals surface area contributed by atoms with Crippen LogP contribution in [0.4, 0.5) is 4.39 Å². The Balaban J connectivity index is 1.49. The van der Waals surface area contributed by atoms with Gasteiger partial charge in [-0.2, -0.15) is 0 Å². The summed E-state index contributed by atoms with van der Waals surface area (Å²) < 4.78 is 13.0. The Morgan fingerprint density at radius 2 is 2.09 bits per heavy atom. The number of nitrogens with zero attached hydrogens (tertiary/aromatic N) is 2. The van der Waals surface area contributed by atoms with Crippen LogP contribution in [-0.2, 0) is 6.54 Å². The Kier molecular flexibility index (Phi) is 3.83. The number of halogens is 1. The number of rotatable bonds is 3. The maximum absolute atomic E-state index is 13.0. The van der Waals surface area contributed by atoms with Crippen molar-refractivity contribution in [3.05, 3.63) is 65.7 Å². The minimum absolute atomic E-state index is 0.171. The highest BCUT2D eigenvalue weighted by atomic mass is 19.1. The van der Waals surface area contributed by atoms with Crippen molar-refractivity contribution in [2.75, 3.05) is 13.1 Å². The van der Waals surface area contributed by atoms with Crippen LogP contribution in [0.5, 0.6) is 0 Å². The number of fused-ring (bicyclic) bond motifs is 1. The number of aromatic nitrogens is 2. The normalized spacial score (nSPS) is 19.3. The van der Waals surface area contributed by atoms with Crippen molar-refractivity contribution < 1.29 is 4.39 Å². The van der Waals surface area contributed by atoms with Gasteiger partial charge < -0.3 is 4.98 Å². The SMILES string of the molecule is Fc1ccc(CN2CCC[C@@H](c3cc4cccnc4[nH]3)C2)cc1. The van der Waals surface area contributed by atoms with Crippen LogP contribution in [-0.4, -0.2) is 28.0 Å². The Morgan fingerprint density at radius 3 is 2.91 bits per heavy atom. The van der Waals surface area contributed by atoms with Crippen LogP contribution < -0.4 is 0 Å². The molecule has 4 heteroatoms. The van der Waals surface area contributed by atoms with Crippen molar-refractivity contribution in [3.8, 4) is 0 Å². The average molecular weight is 309 g/mol. The predicted molar refractivity (Wildman–Crippen MR) is 89.7 cm³/mol. The molecule has 0 aliphatic carbocycles. The summed E-state index contributed by atoms with van der Waals surface area (Å²) in [6.07, 6.45) is 4.21. The maximum Gasteiger partial charge on any atom is 0.137 e. The van der Waals surface area contributed by atoms with E-state index >= 15 is 0 Å². The van der Waals surface area contributed by atoms with E-state index in [2.05, 4.69) is 27.0 Å². The molecule has 1 fully saturated rings. The number of hydrogen-bond donors (Lipinski definition) is 1. The maximum atomic E-state index is 13.0. The summed E-state index contributed by atoms with van der Waals surface area (Å²) in [7, 11) is 0. The van der Waals surface area contributed by atoms with E-state index < -0.39 is 0 Å². The molecule has 23 heavy (non-hydrogen) atoms. The van der Waals surface area contributed by atoms with Gasteiger partial charge >= 0.3 is 0 Å². The van der Waals surface area contributed by atoms with Crippen molar-refractivity contribution in [1.29, 1.82) is 0 Å². The van der Waals surface area contributed by atoms with Gasteiger partial charge in [-0.1, -0.05) is 12.1 Å². The molecule has 1 aliphatic rings. The molecule has 0 radical (unpaired) electrons. The zero-order chi connectivity index (χ0) is 15.6. The second-order valence-corrected chi connectivity index (χ2v) is 6.37. The van der Waals surface area contributed by atoms with Crippen molar-refractivity contribution in [2.24, 2.45) is 0 Å². The number of hydrogen-bond acceptors (Lipinski definition) is 2. The fraction of sp³-hybridized carbons (Fsp3) is 0.316. The van der Waals surface area contributed by atoms with Crippen molar-refractivity contribution in [1.82, 2.24) is 14.9 Å². The lowest BCUT2D eigenvalue weighted by Gasteiger charge is -2.32. The Hall–Kier alpha value is -2.20. The lowest BCUT2D eigenvalue weighted by atomic mass is 9.94. The third-order valence-electron chi connectivity index (χ3n) is 4.68. The van der Waals surface area contributed by atoms with Crippen LogP contribution in [0.2, 0.25) is 0 Å². The van der Waals surface area contributed by atoms with Crippen LogP contribution in [0.1, 0.15) is 30.0 Å². The lowest BCUT2D eigenvalue weighted by Crippen LogP contribution is -2.34. The van der Waals surface area contributed by atoms with Gasteiger partial charge in [0.25, 0.3) is 0 Å². The molecule has 1 aromatic carbocycles. The fourth-order valence-corrected chi connectivity index (χ4v) is 3.50. The Bertz CT molecular complexity index is 761. The molecule has 1 aliphatic heterocycles. The Labute approximate surface area is 135 Å². The Morgan fingerprint density at radius 1 is 1.22 bits per heavy atom. The predicted octanol–water partition coefficient (Wildman–Crippen LogP) is 4.08. The summed E-state index contributed by atoms with van der Waals surface area (Å²) in [5.41, 5.74) is 3.42. The number of pyridine rings is 1. The molecule has 4 rings (SSSR count). The largest absolute Gasteiger partial charge is 0.343 e. The van der Waals surface area contributed by atoms with Gasteiger partial charge in [-0.05, 0) is 55.3 Å². The molecular weight excluding hydrogens is 289 g/mol. The summed E-state index contributed by atoms with van der Waals surface area (Å²) in [5.74, 6) is 0.342. The van der Waals surface area contributed by atoms with Gasteiger partial charge in [0.15, 0.2) is 0 Å². The van der Waals surface area contributed by atoms with Crippen molar-refractivity contribution in [3.63, 3.8) is 0 Å². The van der Waals surface area contributed by atoms with E-state index in [-0.39, 0.29) is 5.82 Å².